The Balaban J connectivity index is 2.15. The fourth-order valence-electron chi connectivity index (χ4n) is 6.28. The van der Waals surface area contributed by atoms with E-state index in [9.17, 15) is 19.8 Å². The molecule has 7 heteroatoms. The number of carbonyl (C=O) groups excluding carboxylic acids is 2. The summed E-state index contributed by atoms with van der Waals surface area (Å²) in [4.78, 5) is 25.6. The first kappa shape index (κ1) is 26.7. The smallest absolute Gasteiger partial charge is 0.317 e. The number of ketones is 1. The molecule has 0 saturated heterocycles. The summed E-state index contributed by atoms with van der Waals surface area (Å²) >= 11 is 6.51. The lowest BCUT2D eigenvalue weighted by atomic mass is 9.54. The predicted octanol–water partition coefficient (Wildman–Crippen LogP) is 4.31. The second-order valence-corrected chi connectivity index (χ2v) is 10.9. The number of cyclic esters (lactones) is 1. The van der Waals surface area contributed by atoms with E-state index in [1.165, 1.54) is 6.92 Å². The van der Waals surface area contributed by atoms with Crippen molar-refractivity contribution in [2.45, 2.75) is 58.8 Å². The summed E-state index contributed by atoms with van der Waals surface area (Å²) in [7, 11) is 1.83. The third kappa shape index (κ3) is 5.05. The van der Waals surface area contributed by atoms with E-state index in [1.54, 1.807) is 13.0 Å². The highest BCUT2D eigenvalue weighted by molar-refractivity contribution is 6.44. The van der Waals surface area contributed by atoms with Crippen molar-refractivity contribution in [3.8, 4) is 0 Å². The maximum absolute atomic E-state index is 13.1. The Bertz CT molecular complexity index is 920. The largest absolute Gasteiger partial charge is 0.510 e. The summed E-state index contributed by atoms with van der Waals surface area (Å²) in [5.41, 5.74) is -0.918. The van der Waals surface area contributed by atoms with Crippen molar-refractivity contribution in [3.63, 3.8) is 0 Å². The number of aliphatic hydroxyl groups excluding tert-OH is 1. The highest BCUT2D eigenvalue weighted by Crippen LogP contribution is 2.53. The molecule has 0 spiro atoms. The maximum atomic E-state index is 13.1. The molecule has 3 rings (SSSR count). The fourth-order valence-corrected chi connectivity index (χ4v) is 6.57. The van der Waals surface area contributed by atoms with Crippen LogP contribution in [0.1, 0.15) is 41.0 Å². The minimum Gasteiger partial charge on any atom is -0.510 e. The van der Waals surface area contributed by atoms with Gasteiger partial charge in [0.05, 0.1) is 5.60 Å². The molecule has 2 aliphatic carbocycles. The van der Waals surface area contributed by atoms with Crippen LogP contribution in [0.25, 0.3) is 0 Å². The molecule has 34 heavy (non-hydrogen) atoms. The quantitative estimate of drug-likeness (QED) is 0.287. The number of nitrogens with one attached hydrogen (secondary N) is 1. The van der Waals surface area contributed by atoms with Crippen molar-refractivity contribution in [1.82, 2.24) is 5.32 Å². The Hall–Kier alpha value is -1.89. The van der Waals surface area contributed by atoms with E-state index in [-0.39, 0.29) is 46.4 Å². The summed E-state index contributed by atoms with van der Waals surface area (Å²) < 4.78 is 5.36. The third-order valence-electron chi connectivity index (χ3n) is 7.99. The fraction of sp³-hybridized carbons (Fsp3) is 0.630. The van der Waals surface area contributed by atoms with Crippen LogP contribution in [0.15, 0.2) is 47.2 Å². The van der Waals surface area contributed by atoms with Gasteiger partial charge in [0.15, 0.2) is 5.78 Å². The van der Waals surface area contributed by atoms with Crippen molar-refractivity contribution in [3.05, 3.63) is 47.2 Å². The zero-order chi connectivity index (χ0) is 25.4. The standard InChI is InChI=1S/C27H38ClNO5/c1-14-9-7-8-10-15(2)34-26(32)17(4)23(30)22(28)24(31)21-19(14)12-11-18-13-27(5,33)25(29-6)16(3)20(18)21/h7-12,14-21,25,29,31,33H,13H2,1-6H3/b9-7-,10-8+,24-22+/t14-,15+,16+,17+,18-,19+,20?,21?,25+,27-/m1/s1. The lowest BCUT2D eigenvalue weighted by molar-refractivity contribution is -0.152. The molecule has 0 aromatic heterocycles. The highest BCUT2D eigenvalue weighted by Gasteiger charge is 2.53. The van der Waals surface area contributed by atoms with Gasteiger partial charge in [0.25, 0.3) is 0 Å². The van der Waals surface area contributed by atoms with Crippen LogP contribution >= 0.6 is 11.6 Å². The van der Waals surface area contributed by atoms with Gasteiger partial charge in [-0.2, -0.15) is 0 Å². The number of rotatable bonds is 1. The normalized spacial score (nSPS) is 47.7. The van der Waals surface area contributed by atoms with Gasteiger partial charge in [-0.3, -0.25) is 9.59 Å². The summed E-state index contributed by atoms with van der Waals surface area (Å²) in [6, 6.07) is -0.194. The maximum Gasteiger partial charge on any atom is 0.317 e. The van der Waals surface area contributed by atoms with Gasteiger partial charge in [-0.15, -0.1) is 0 Å². The Labute approximate surface area is 207 Å². The number of aliphatic hydroxyl groups is 2. The molecule has 0 bridgehead atoms. The molecule has 3 aliphatic rings. The molecule has 1 heterocycles. The van der Waals surface area contributed by atoms with Crippen LogP contribution in [0.3, 0.4) is 0 Å². The molecular weight excluding hydrogens is 454 g/mol. The van der Waals surface area contributed by atoms with Gasteiger partial charge < -0.3 is 20.3 Å². The average molecular weight is 492 g/mol. The van der Waals surface area contributed by atoms with Crippen LogP contribution in [-0.2, 0) is 14.3 Å². The second-order valence-electron chi connectivity index (χ2n) is 10.5. The van der Waals surface area contributed by atoms with E-state index in [1.807, 2.05) is 32.2 Å². The number of hydrogen-bond acceptors (Lipinski definition) is 6. The third-order valence-corrected chi connectivity index (χ3v) is 8.37. The van der Waals surface area contributed by atoms with E-state index < -0.39 is 35.3 Å². The number of fused-ring (bicyclic) bond motifs is 3. The predicted molar refractivity (Wildman–Crippen MR) is 133 cm³/mol. The van der Waals surface area contributed by atoms with Gasteiger partial charge in [-0.1, -0.05) is 55.8 Å². The average Bonchev–Trinajstić information content (AvgIpc) is 2.78. The van der Waals surface area contributed by atoms with Gasteiger partial charge >= 0.3 is 5.97 Å². The highest BCUT2D eigenvalue weighted by atomic mass is 35.5. The van der Waals surface area contributed by atoms with Crippen LogP contribution in [0.5, 0.6) is 0 Å². The lowest BCUT2D eigenvalue weighted by Crippen LogP contribution is -2.61. The zero-order valence-corrected chi connectivity index (χ0v) is 21.6. The number of ether oxygens (including phenoxy) is 1. The number of hydrogen-bond donors (Lipinski definition) is 3. The Morgan fingerprint density at radius 2 is 1.74 bits per heavy atom. The van der Waals surface area contributed by atoms with E-state index in [0.717, 1.165) is 0 Å². The molecule has 0 radical (unpaired) electrons. The molecule has 0 aromatic carbocycles. The van der Waals surface area contributed by atoms with Crippen molar-refractivity contribution < 1.29 is 24.5 Å². The molecule has 10 atom stereocenters. The molecule has 0 aromatic rings. The first-order valence-electron chi connectivity index (χ1n) is 12.2. The number of carbonyl (C=O) groups is 2. The van der Waals surface area contributed by atoms with E-state index in [0.29, 0.717) is 6.42 Å². The molecule has 1 saturated carbocycles. The zero-order valence-electron chi connectivity index (χ0n) is 20.9. The second kappa shape index (κ2) is 10.4. The molecule has 2 unspecified atom stereocenters. The van der Waals surface area contributed by atoms with Crippen LogP contribution in [0, 0.1) is 41.4 Å². The van der Waals surface area contributed by atoms with Crippen LogP contribution in [0.4, 0.5) is 0 Å². The first-order chi connectivity index (χ1) is 15.9. The number of likely N-dealkylation sites (N-methyl/N-ethyl adjacent to an activating group) is 1. The van der Waals surface area contributed by atoms with Gasteiger partial charge in [0.2, 0.25) is 0 Å². The molecule has 1 fully saturated rings. The van der Waals surface area contributed by atoms with Gasteiger partial charge in [-0.05, 0) is 69.9 Å². The number of halogens is 1. The summed E-state index contributed by atoms with van der Waals surface area (Å²) in [6.07, 6.45) is 11.8. The van der Waals surface area contributed by atoms with Crippen LogP contribution in [0.2, 0.25) is 0 Å². The van der Waals surface area contributed by atoms with E-state index in [4.69, 9.17) is 16.3 Å². The van der Waals surface area contributed by atoms with Gasteiger partial charge in [0.1, 0.15) is 22.8 Å². The SMILES string of the molecule is CN[C@H]1[C@@H](C)C2C3/C(O)=C(\Cl)C(=O)[C@H](C)C(=O)O[C@@H](C)/C=C/C=C\[C@@H](C)[C@@H]3C=C[C@@H]2C[C@@]1(C)O. The van der Waals surface area contributed by atoms with E-state index >= 15 is 0 Å². The van der Waals surface area contributed by atoms with Crippen molar-refractivity contribution in [2.24, 2.45) is 41.4 Å². The molecular formula is C27H38ClNO5. The lowest BCUT2D eigenvalue weighted by Gasteiger charge is -2.54. The molecule has 1 aliphatic heterocycles. The molecule has 188 valence electrons. The Kier molecular flexibility index (Phi) is 8.16. The molecule has 6 nitrogen and oxygen atoms in total. The van der Waals surface area contributed by atoms with Crippen molar-refractivity contribution >= 4 is 23.4 Å². The number of Topliss-reactive ketones (excluding diaryl/α,β-unsaturated/α-hetero) is 1. The molecule has 0 amide bonds. The van der Waals surface area contributed by atoms with Crippen molar-refractivity contribution in [2.75, 3.05) is 7.05 Å². The monoisotopic (exact) mass is 491 g/mol. The summed E-state index contributed by atoms with van der Waals surface area (Å²) in [5, 5.41) is 25.6. The number of allylic oxidation sites excluding steroid dienone is 7. The van der Waals surface area contributed by atoms with E-state index in [2.05, 4.69) is 31.3 Å². The minimum absolute atomic E-state index is 0.00997. The molecule has 3 N–H and O–H groups in total. The first-order valence-corrected chi connectivity index (χ1v) is 12.5. The topological polar surface area (TPSA) is 95.9 Å². The number of esters is 1. The van der Waals surface area contributed by atoms with Crippen molar-refractivity contribution in [1.29, 1.82) is 0 Å². The van der Waals surface area contributed by atoms with Gasteiger partial charge in [0, 0.05) is 12.0 Å². The Morgan fingerprint density at radius 3 is 2.38 bits per heavy atom. The minimum atomic E-state index is -1.13. The van der Waals surface area contributed by atoms with Crippen LogP contribution < -0.4 is 5.32 Å². The Morgan fingerprint density at radius 1 is 1.09 bits per heavy atom. The van der Waals surface area contributed by atoms with Gasteiger partial charge in [-0.25, -0.2) is 0 Å². The summed E-state index contributed by atoms with van der Waals surface area (Å²) in [5.74, 6) is -3.23. The summed E-state index contributed by atoms with van der Waals surface area (Å²) in [6.45, 7) is 9.16. The van der Waals surface area contributed by atoms with Crippen LogP contribution in [-0.4, -0.2) is 46.8 Å².